The predicted molar refractivity (Wildman–Crippen MR) is 78.4 cm³/mol. The molecule has 2 aromatic rings. The molecule has 0 saturated heterocycles. The average molecular weight is 326 g/mol. The Kier molecular flexibility index (Phi) is 7.94. The molecular formula is C13H16ClMgNO3S. The second kappa shape index (κ2) is 8.12. The molecule has 106 valence electrons. The first-order valence-electron chi connectivity index (χ1n) is 5.93. The van der Waals surface area contributed by atoms with Crippen molar-refractivity contribution in [3.63, 3.8) is 0 Å². The van der Waals surface area contributed by atoms with Gasteiger partial charge in [0.1, 0.15) is 11.3 Å². The summed E-state index contributed by atoms with van der Waals surface area (Å²) in [7, 11) is -3.36. The van der Waals surface area contributed by atoms with Crippen molar-refractivity contribution < 1.29 is 25.2 Å². The summed E-state index contributed by atoms with van der Waals surface area (Å²) in [4.78, 5) is 0. The molecule has 0 fully saturated rings. The number of benzene rings is 1. The van der Waals surface area contributed by atoms with E-state index in [1.807, 2.05) is 6.07 Å². The van der Waals surface area contributed by atoms with Crippen molar-refractivity contribution in [2.75, 3.05) is 6.26 Å². The molecular weight excluding hydrogens is 310 g/mol. The summed E-state index contributed by atoms with van der Waals surface area (Å²) < 4.78 is 31.5. The molecule has 0 aliphatic carbocycles. The smallest absolute Gasteiger partial charge is 1.00 e. The van der Waals surface area contributed by atoms with Crippen LogP contribution in [0.5, 0.6) is 0 Å². The molecule has 1 heterocycles. The first-order valence-corrected chi connectivity index (χ1v) is 7.78. The van der Waals surface area contributed by atoms with Crippen LogP contribution in [0.25, 0.3) is 15.7 Å². The Balaban J connectivity index is 0.00000180. The Labute approximate surface area is 141 Å². The minimum Gasteiger partial charge on any atom is -1.00 e. The van der Waals surface area contributed by atoms with Gasteiger partial charge in [-0.15, -0.1) is 5.69 Å². The maximum absolute atomic E-state index is 11.1. The van der Waals surface area contributed by atoms with Crippen LogP contribution in [0, 0.1) is 0 Å². The minimum atomic E-state index is -3.36. The van der Waals surface area contributed by atoms with Crippen LogP contribution in [0.3, 0.4) is 0 Å². The van der Waals surface area contributed by atoms with Gasteiger partial charge in [0.25, 0.3) is 0 Å². The largest absolute Gasteiger partial charge is 2.00 e. The molecule has 0 atom stereocenters. The second-order valence-corrected chi connectivity index (χ2v) is 6.01. The molecule has 0 bridgehead atoms. The van der Waals surface area contributed by atoms with E-state index in [2.05, 4.69) is 11.6 Å². The van der Waals surface area contributed by atoms with Crippen LogP contribution in [0.15, 0.2) is 28.7 Å². The van der Waals surface area contributed by atoms with Crippen molar-refractivity contribution in [2.24, 2.45) is 0 Å². The summed E-state index contributed by atoms with van der Waals surface area (Å²) in [5.41, 5.74) is 1.21. The van der Waals surface area contributed by atoms with Gasteiger partial charge in [0.2, 0.25) is 0 Å². The van der Waals surface area contributed by atoms with Gasteiger partial charge in [0, 0.05) is 18.1 Å². The maximum atomic E-state index is 11.1. The molecule has 2 rings (SSSR count). The van der Waals surface area contributed by atoms with Crippen molar-refractivity contribution in [1.82, 2.24) is 0 Å². The topological polar surface area (TPSA) is 61.4 Å². The van der Waals surface area contributed by atoms with E-state index in [-0.39, 0.29) is 35.5 Å². The summed E-state index contributed by atoms with van der Waals surface area (Å²) in [6.45, 7) is 2.13. The Morgan fingerprint density at radius 1 is 1.25 bits per heavy atom. The third kappa shape index (κ3) is 5.51. The fraction of sp³-hybridized carbons (Fsp3) is 0.385. The number of fused-ring (bicyclic) bond motifs is 1. The van der Waals surface area contributed by atoms with Gasteiger partial charge >= 0.3 is 23.1 Å². The quantitative estimate of drug-likeness (QED) is 0.746. The molecule has 0 unspecified atom stereocenters. The standard InChI is InChI=1S/C13H16NO3S.ClH.Mg/c1-3-4-5-12-9-10-8-11(14-18(2,15)16)6-7-13(10)17-12;;/h6-9H,3-5H2,1-2H3;1H;/q-1;;+2/p-1. The van der Waals surface area contributed by atoms with Gasteiger partial charge in [-0.2, -0.15) is 0 Å². The van der Waals surface area contributed by atoms with Gasteiger partial charge in [-0.3, -0.25) is 0 Å². The van der Waals surface area contributed by atoms with Crippen LogP contribution in [0.4, 0.5) is 5.69 Å². The SMILES string of the molecule is CCCCc1cc2cc([N-]S(C)(=O)=O)ccc2o1.[Cl-].[Mg+2]. The maximum Gasteiger partial charge on any atom is 2.00 e. The van der Waals surface area contributed by atoms with Crippen molar-refractivity contribution in [3.05, 3.63) is 34.7 Å². The van der Waals surface area contributed by atoms with E-state index < -0.39 is 10.0 Å². The second-order valence-electron chi connectivity index (χ2n) is 4.36. The number of hydrogen-bond acceptors (Lipinski definition) is 3. The van der Waals surface area contributed by atoms with Crippen LogP contribution in [0.2, 0.25) is 0 Å². The zero-order valence-electron chi connectivity index (χ0n) is 11.6. The predicted octanol–water partition coefficient (Wildman–Crippen LogP) is 0.363. The van der Waals surface area contributed by atoms with Gasteiger partial charge in [0.05, 0.1) is 10.0 Å². The van der Waals surface area contributed by atoms with E-state index >= 15 is 0 Å². The molecule has 20 heavy (non-hydrogen) atoms. The molecule has 4 nitrogen and oxygen atoms in total. The van der Waals surface area contributed by atoms with Crippen LogP contribution in [-0.2, 0) is 16.4 Å². The Morgan fingerprint density at radius 3 is 2.55 bits per heavy atom. The van der Waals surface area contributed by atoms with E-state index in [1.165, 1.54) is 0 Å². The monoisotopic (exact) mass is 325 g/mol. The Hall–Kier alpha value is -0.434. The van der Waals surface area contributed by atoms with Crippen molar-refractivity contribution in [3.8, 4) is 0 Å². The number of sulfonamides is 1. The van der Waals surface area contributed by atoms with E-state index in [1.54, 1.807) is 18.2 Å². The van der Waals surface area contributed by atoms with Crippen molar-refractivity contribution >= 4 is 49.7 Å². The average Bonchev–Trinajstić information content (AvgIpc) is 2.66. The molecule has 0 spiro atoms. The number of halogens is 1. The van der Waals surface area contributed by atoms with Gasteiger partial charge < -0.3 is 21.5 Å². The number of rotatable bonds is 5. The van der Waals surface area contributed by atoms with Crippen molar-refractivity contribution in [2.45, 2.75) is 26.2 Å². The summed E-state index contributed by atoms with van der Waals surface area (Å²) in [6.07, 6.45) is 4.19. The molecule has 1 aromatic carbocycles. The minimum absolute atomic E-state index is 0. The van der Waals surface area contributed by atoms with Gasteiger partial charge in [0.15, 0.2) is 0 Å². The zero-order chi connectivity index (χ0) is 13.2. The molecule has 1 aromatic heterocycles. The summed E-state index contributed by atoms with van der Waals surface area (Å²) >= 11 is 0. The van der Waals surface area contributed by atoms with Crippen LogP contribution < -0.4 is 12.4 Å². The molecule has 0 N–H and O–H groups in total. The molecule has 0 amide bonds. The van der Waals surface area contributed by atoms with E-state index in [0.29, 0.717) is 5.69 Å². The van der Waals surface area contributed by atoms with E-state index in [4.69, 9.17) is 4.42 Å². The number of hydrogen-bond donors (Lipinski definition) is 0. The zero-order valence-corrected chi connectivity index (χ0v) is 14.6. The van der Waals surface area contributed by atoms with Gasteiger partial charge in [-0.05, 0) is 18.6 Å². The number of unbranched alkanes of at least 4 members (excludes halogenated alkanes) is 1. The van der Waals surface area contributed by atoms with Crippen molar-refractivity contribution in [1.29, 1.82) is 0 Å². The fourth-order valence-corrected chi connectivity index (χ4v) is 2.30. The third-order valence-electron chi connectivity index (χ3n) is 2.60. The summed E-state index contributed by atoms with van der Waals surface area (Å²) in [5.74, 6) is 0.934. The van der Waals surface area contributed by atoms with Crippen LogP contribution in [-0.4, -0.2) is 37.7 Å². The normalized spacial score (nSPS) is 10.7. The molecule has 0 aliphatic rings. The van der Waals surface area contributed by atoms with Gasteiger partial charge in [-0.25, -0.2) is 8.42 Å². The molecule has 0 aliphatic heterocycles. The first kappa shape index (κ1) is 19.6. The number of aryl methyl sites for hydroxylation is 1. The molecule has 0 saturated carbocycles. The van der Waals surface area contributed by atoms with Crippen LogP contribution in [0.1, 0.15) is 25.5 Å². The first-order chi connectivity index (χ1) is 8.48. The molecule has 7 heteroatoms. The fourth-order valence-electron chi connectivity index (χ4n) is 1.81. The Morgan fingerprint density at radius 2 is 1.95 bits per heavy atom. The summed E-state index contributed by atoms with van der Waals surface area (Å²) in [6, 6.07) is 7.09. The summed E-state index contributed by atoms with van der Waals surface area (Å²) in [5, 5.41) is 0.894. The van der Waals surface area contributed by atoms with E-state index in [0.717, 1.165) is 42.2 Å². The third-order valence-corrected chi connectivity index (χ3v) is 3.14. The van der Waals surface area contributed by atoms with Gasteiger partial charge in [-0.1, -0.05) is 25.5 Å². The van der Waals surface area contributed by atoms with E-state index in [9.17, 15) is 8.42 Å². The molecule has 0 radical (unpaired) electrons. The number of nitrogens with zero attached hydrogens (tertiary/aromatic N) is 1. The Bertz CT molecular complexity index is 655. The number of furan rings is 1. The van der Waals surface area contributed by atoms with Crippen LogP contribution >= 0.6 is 0 Å².